The van der Waals surface area contributed by atoms with Gasteiger partial charge in [-0.05, 0) is 31.9 Å². The third kappa shape index (κ3) is 1.68. The molecule has 0 unspecified atom stereocenters. The van der Waals surface area contributed by atoms with Crippen LogP contribution in [0.3, 0.4) is 0 Å². The summed E-state index contributed by atoms with van der Waals surface area (Å²) < 4.78 is 0. The Hall–Kier alpha value is -1.77. The highest BCUT2D eigenvalue weighted by Crippen LogP contribution is 2.50. The first-order chi connectivity index (χ1) is 9.04. The topological polar surface area (TPSA) is 32.3 Å². The normalized spacial score (nSPS) is 27.8. The molecule has 1 N–H and O–H groups in total. The van der Waals surface area contributed by atoms with Crippen molar-refractivity contribution in [1.29, 1.82) is 0 Å². The monoisotopic (exact) mass is 256 g/mol. The molecule has 1 aromatic carbocycles. The first-order valence-electron chi connectivity index (χ1n) is 6.80. The second-order valence-electron chi connectivity index (χ2n) is 5.92. The van der Waals surface area contributed by atoms with Gasteiger partial charge in [-0.3, -0.25) is 4.79 Å². The van der Waals surface area contributed by atoms with Crippen LogP contribution >= 0.6 is 0 Å². The van der Waals surface area contributed by atoms with Crippen molar-refractivity contribution in [2.24, 2.45) is 0 Å². The van der Waals surface area contributed by atoms with E-state index in [-0.39, 0.29) is 17.5 Å². The highest BCUT2D eigenvalue weighted by atomic mass is 16.2. The number of carbonyl (C=O) groups excluding carboxylic acids is 1. The van der Waals surface area contributed by atoms with E-state index in [1.54, 1.807) is 0 Å². The molecule has 1 amide bonds. The fraction of sp³-hybridized carbons (Fsp3) is 0.438. The van der Waals surface area contributed by atoms with Crippen molar-refractivity contribution in [3.63, 3.8) is 0 Å². The van der Waals surface area contributed by atoms with E-state index in [0.29, 0.717) is 6.42 Å². The highest BCUT2D eigenvalue weighted by molar-refractivity contribution is 5.85. The Kier molecular flexibility index (Phi) is 2.66. The summed E-state index contributed by atoms with van der Waals surface area (Å²) >= 11 is 0. The molecule has 0 aliphatic carbocycles. The van der Waals surface area contributed by atoms with E-state index in [1.165, 1.54) is 16.8 Å². The van der Waals surface area contributed by atoms with Gasteiger partial charge in [-0.25, -0.2) is 0 Å². The number of amides is 1. The second-order valence-corrected chi connectivity index (χ2v) is 5.92. The van der Waals surface area contributed by atoms with Gasteiger partial charge < -0.3 is 10.2 Å². The van der Waals surface area contributed by atoms with Crippen LogP contribution in [0, 0.1) is 0 Å². The van der Waals surface area contributed by atoms with Gasteiger partial charge in [0.05, 0.1) is 0 Å². The molecule has 0 bridgehead atoms. The molecule has 2 heterocycles. The zero-order valence-electron chi connectivity index (χ0n) is 11.7. The Balaban J connectivity index is 2.09. The maximum absolute atomic E-state index is 12.1. The molecule has 2 atom stereocenters. The van der Waals surface area contributed by atoms with E-state index in [0.717, 1.165) is 6.42 Å². The standard InChI is InChI=1S/C16H20N2O/c1-11(2)8-9-16-10-14(19)18(3)15(16)17-13-7-5-4-6-12(13)16/h4-8,15,17H,9-10H2,1-3H3/t15-,16-/m1/s1. The van der Waals surface area contributed by atoms with Crippen molar-refractivity contribution < 1.29 is 4.79 Å². The summed E-state index contributed by atoms with van der Waals surface area (Å²) in [7, 11) is 1.90. The van der Waals surface area contributed by atoms with Crippen LogP contribution in [0.1, 0.15) is 32.3 Å². The fourth-order valence-electron chi connectivity index (χ4n) is 3.35. The van der Waals surface area contributed by atoms with Gasteiger partial charge in [-0.1, -0.05) is 29.8 Å². The SMILES string of the molecule is CC(C)=CC[C@]12CC(=O)N(C)[C@H]1Nc1ccccc12. The third-order valence-corrected chi connectivity index (χ3v) is 4.40. The van der Waals surface area contributed by atoms with Crippen molar-refractivity contribution in [2.75, 3.05) is 12.4 Å². The number of allylic oxidation sites excluding steroid dienone is 2. The van der Waals surface area contributed by atoms with E-state index in [2.05, 4.69) is 43.4 Å². The number of fused-ring (bicyclic) bond motifs is 3. The van der Waals surface area contributed by atoms with Crippen LogP contribution in [0.4, 0.5) is 5.69 Å². The minimum atomic E-state index is -0.0975. The van der Waals surface area contributed by atoms with Crippen molar-refractivity contribution in [2.45, 2.75) is 38.3 Å². The van der Waals surface area contributed by atoms with Crippen LogP contribution in [0.2, 0.25) is 0 Å². The van der Waals surface area contributed by atoms with Crippen LogP contribution < -0.4 is 5.32 Å². The lowest BCUT2D eigenvalue weighted by Gasteiger charge is -2.29. The number of para-hydroxylation sites is 1. The summed E-state index contributed by atoms with van der Waals surface area (Å²) in [4.78, 5) is 14.0. The van der Waals surface area contributed by atoms with Gasteiger partial charge >= 0.3 is 0 Å². The van der Waals surface area contributed by atoms with Gasteiger partial charge in [0.2, 0.25) is 5.91 Å². The molecule has 2 aliphatic rings. The number of hydrogen-bond acceptors (Lipinski definition) is 2. The van der Waals surface area contributed by atoms with Crippen molar-refractivity contribution >= 4 is 11.6 Å². The number of anilines is 1. The van der Waals surface area contributed by atoms with Crippen LogP contribution in [-0.2, 0) is 10.2 Å². The molecular formula is C16H20N2O. The molecule has 19 heavy (non-hydrogen) atoms. The minimum Gasteiger partial charge on any atom is -0.364 e. The molecule has 0 radical (unpaired) electrons. The molecule has 3 nitrogen and oxygen atoms in total. The summed E-state index contributed by atoms with van der Waals surface area (Å²) in [5, 5.41) is 3.52. The Bertz CT molecular complexity index is 560. The van der Waals surface area contributed by atoms with E-state index in [9.17, 15) is 4.79 Å². The van der Waals surface area contributed by atoms with Gasteiger partial charge in [-0.15, -0.1) is 0 Å². The molecule has 1 fully saturated rings. The number of likely N-dealkylation sites (tertiary alicyclic amines) is 1. The Morgan fingerprint density at radius 2 is 2.21 bits per heavy atom. The van der Waals surface area contributed by atoms with Gasteiger partial charge in [0.25, 0.3) is 0 Å². The second kappa shape index (κ2) is 4.12. The molecule has 0 spiro atoms. The number of nitrogens with zero attached hydrogens (tertiary/aromatic N) is 1. The summed E-state index contributed by atoms with van der Waals surface area (Å²) in [5.74, 6) is 0.231. The minimum absolute atomic E-state index is 0.0907. The number of likely N-dealkylation sites (N-methyl/N-ethyl adjacent to an activating group) is 1. The van der Waals surface area contributed by atoms with Gasteiger partial charge in [-0.2, -0.15) is 0 Å². The van der Waals surface area contributed by atoms with Crippen LogP contribution in [0.15, 0.2) is 35.9 Å². The smallest absolute Gasteiger partial charge is 0.225 e. The first-order valence-corrected chi connectivity index (χ1v) is 6.80. The Morgan fingerprint density at radius 3 is 2.95 bits per heavy atom. The molecule has 3 rings (SSSR count). The van der Waals surface area contributed by atoms with E-state index >= 15 is 0 Å². The predicted molar refractivity (Wildman–Crippen MR) is 77.0 cm³/mol. The lowest BCUT2D eigenvalue weighted by Crippen LogP contribution is -2.41. The Morgan fingerprint density at radius 1 is 1.47 bits per heavy atom. The largest absolute Gasteiger partial charge is 0.364 e. The maximum atomic E-state index is 12.1. The lowest BCUT2D eigenvalue weighted by atomic mass is 9.76. The van der Waals surface area contributed by atoms with Crippen LogP contribution in [0.25, 0.3) is 0 Å². The van der Waals surface area contributed by atoms with E-state index in [1.807, 2.05) is 18.0 Å². The summed E-state index contributed by atoms with van der Waals surface area (Å²) in [5.41, 5.74) is 3.67. The quantitative estimate of drug-likeness (QED) is 0.825. The molecule has 0 saturated carbocycles. The number of benzene rings is 1. The zero-order chi connectivity index (χ0) is 13.6. The number of carbonyl (C=O) groups is 1. The molecule has 2 aliphatic heterocycles. The van der Waals surface area contributed by atoms with Gasteiger partial charge in [0.15, 0.2) is 0 Å². The van der Waals surface area contributed by atoms with Crippen LogP contribution in [-0.4, -0.2) is 24.0 Å². The third-order valence-electron chi connectivity index (χ3n) is 4.40. The van der Waals surface area contributed by atoms with Crippen molar-refractivity contribution in [1.82, 2.24) is 4.90 Å². The zero-order valence-corrected chi connectivity index (χ0v) is 11.7. The summed E-state index contributed by atoms with van der Waals surface area (Å²) in [6.07, 6.45) is 3.86. The van der Waals surface area contributed by atoms with Crippen LogP contribution in [0.5, 0.6) is 0 Å². The van der Waals surface area contributed by atoms with E-state index < -0.39 is 0 Å². The number of nitrogens with one attached hydrogen (secondary N) is 1. The average molecular weight is 256 g/mol. The predicted octanol–water partition coefficient (Wildman–Crippen LogP) is 2.89. The number of hydrogen-bond donors (Lipinski definition) is 1. The maximum Gasteiger partial charge on any atom is 0.225 e. The average Bonchev–Trinajstić information content (AvgIpc) is 2.82. The molecule has 0 aromatic heterocycles. The first kappa shape index (κ1) is 12.3. The van der Waals surface area contributed by atoms with Crippen molar-refractivity contribution in [3.05, 3.63) is 41.5 Å². The Labute approximate surface area is 114 Å². The molecule has 3 heteroatoms. The lowest BCUT2D eigenvalue weighted by molar-refractivity contribution is -0.127. The fourth-order valence-corrected chi connectivity index (χ4v) is 3.35. The molecule has 100 valence electrons. The van der Waals surface area contributed by atoms with Gasteiger partial charge in [0, 0.05) is 24.6 Å². The van der Waals surface area contributed by atoms with E-state index in [4.69, 9.17) is 0 Å². The summed E-state index contributed by atoms with van der Waals surface area (Å²) in [6.45, 7) is 4.22. The number of rotatable bonds is 2. The molecule has 1 saturated heterocycles. The summed E-state index contributed by atoms with van der Waals surface area (Å²) in [6, 6.07) is 8.38. The molecule has 1 aromatic rings. The van der Waals surface area contributed by atoms with Gasteiger partial charge in [0.1, 0.15) is 6.17 Å². The molecular weight excluding hydrogens is 236 g/mol. The highest BCUT2D eigenvalue weighted by Gasteiger charge is 2.55. The van der Waals surface area contributed by atoms with Crippen molar-refractivity contribution in [3.8, 4) is 0 Å².